The standard InChI is InChI=1S/C19H9Cl2N3O2/c20-9-5-6-10(13(21)7-9)15-12(8-22)18(23)24-17-11-3-1-2-4-14(11)26-19(25)16(15)17/h1-7H,(H2,23,24). The van der Waals surface area contributed by atoms with Crippen molar-refractivity contribution in [1.29, 1.82) is 5.26 Å². The predicted octanol–water partition coefficient (Wildman–Crippen LogP) is 4.77. The monoisotopic (exact) mass is 381 g/mol. The summed E-state index contributed by atoms with van der Waals surface area (Å²) in [7, 11) is 0. The van der Waals surface area contributed by atoms with E-state index in [0.29, 0.717) is 27.1 Å². The third kappa shape index (κ3) is 2.39. The SMILES string of the molecule is N#Cc1c(N)nc2c(c1-c1ccc(Cl)cc1Cl)c(=O)oc1ccccc12. The number of rotatable bonds is 1. The first-order chi connectivity index (χ1) is 12.5. The van der Waals surface area contributed by atoms with E-state index >= 15 is 0 Å². The Kier molecular flexibility index (Phi) is 3.80. The number of hydrogen-bond donors (Lipinski definition) is 1. The highest BCUT2D eigenvalue weighted by atomic mass is 35.5. The number of nitrogens with zero attached hydrogens (tertiary/aromatic N) is 2. The molecule has 2 N–H and O–H groups in total. The minimum Gasteiger partial charge on any atom is -0.422 e. The number of para-hydroxylation sites is 1. The van der Waals surface area contributed by atoms with Crippen molar-refractivity contribution in [2.45, 2.75) is 0 Å². The Morgan fingerprint density at radius 1 is 1.15 bits per heavy atom. The molecule has 2 heterocycles. The fraction of sp³-hybridized carbons (Fsp3) is 0. The van der Waals surface area contributed by atoms with Crippen molar-refractivity contribution in [3.8, 4) is 17.2 Å². The number of hydrogen-bond acceptors (Lipinski definition) is 5. The molecule has 0 saturated heterocycles. The van der Waals surface area contributed by atoms with Crippen LogP contribution < -0.4 is 11.4 Å². The summed E-state index contributed by atoms with van der Waals surface area (Å²) in [6.07, 6.45) is 0. The summed E-state index contributed by atoms with van der Waals surface area (Å²) in [6, 6.07) is 13.8. The van der Waals surface area contributed by atoms with Gasteiger partial charge in [-0.2, -0.15) is 5.26 Å². The van der Waals surface area contributed by atoms with Gasteiger partial charge in [-0.25, -0.2) is 9.78 Å². The zero-order chi connectivity index (χ0) is 18.4. The highest BCUT2D eigenvalue weighted by Crippen LogP contribution is 2.38. The Hall–Kier alpha value is -3.07. The van der Waals surface area contributed by atoms with E-state index in [1.165, 1.54) is 6.07 Å². The van der Waals surface area contributed by atoms with Crippen molar-refractivity contribution >= 4 is 50.9 Å². The Morgan fingerprint density at radius 3 is 2.65 bits per heavy atom. The topological polar surface area (TPSA) is 92.9 Å². The highest BCUT2D eigenvalue weighted by molar-refractivity contribution is 6.37. The van der Waals surface area contributed by atoms with Crippen LogP contribution >= 0.6 is 23.2 Å². The molecule has 5 nitrogen and oxygen atoms in total. The van der Waals surface area contributed by atoms with Gasteiger partial charge >= 0.3 is 5.63 Å². The van der Waals surface area contributed by atoms with E-state index in [-0.39, 0.29) is 27.4 Å². The second-order valence-corrected chi connectivity index (χ2v) is 6.44. The largest absolute Gasteiger partial charge is 0.422 e. The molecule has 4 rings (SSSR count). The van der Waals surface area contributed by atoms with Crippen LogP contribution in [0.3, 0.4) is 0 Å². The number of nitrogens with two attached hydrogens (primary N) is 1. The van der Waals surface area contributed by atoms with Gasteiger partial charge in [0.05, 0.1) is 10.9 Å². The van der Waals surface area contributed by atoms with Crippen LogP contribution in [0.15, 0.2) is 51.7 Å². The molecule has 0 aliphatic carbocycles. The lowest BCUT2D eigenvalue weighted by Gasteiger charge is -2.12. The smallest absolute Gasteiger partial charge is 0.346 e. The van der Waals surface area contributed by atoms with Crippen LogP contribution in [0.1, 0.15) is 5.56 Å². The number of benzene rings is 2. The van der Waals surface area contributed by atoms with Gasteiger partial charge in [0, 0.05) is 26.6 Å². The molecule has 0 fully saturated rings. The fourth-order valence-electron chi connectivity index (χ4n) is 2.97. The molecule has 0 radical (unpaired) electrons. The lowest BCUT2D eigenvalue weighted by Crippen LogP contribution is -2.08. The summed E-state index contributed by atoms with van der Waals surface area (Å²) in [5, 5.41) is 11.1. The normalized spacial score (nSPS) is 11.0. The third-order valence-corrected chi connectivity index (χ3v) is 4.63. The summed E-state index contributed by atoms with van der Waals surface area (Å²) in [5.41, 5.74) is 6.94. The predicted molar refractivity (Wildman–Crippen MR) is 102 cm³/mol. The van der Waals surface area contributed by atoms with E-state index in [9.17, 15) is 10.1 Å². The second-order valence-electron chi connectivity index (χ2n) is 5.59. The van der Waals surface area contributed by atoms with Crippen molar-refractivity contribution in [3.05, 3.63) is 68.5 Å². The Morgan fingerprint density at radius 2 is 1.92 bits per heavy atom. The molecule has 2 aromatic carbocycles. The van der Waals surface area contributed by atoms with Crippen LogP contribution in [-0.2, 0) is 0 Å². The maximum Gasteiger partial charge on any atom is 0.346 e. The zero-order valence-electron chi connectivity index (χ0n) is 13.1. The molecule has 0 bridgehead atoms. The summed E-state index contributed by atoms with van der Waals surface area (Å²) in [5.74, 6) is 0.0109. The van der Waals surface area contributed by atoms with Gasteiger partial charge in [-0.3, -0.25) is 0 Å². The zero-order valence-corrected chi connectivity index (χ0v) is 14.6. The molecule has 0 aliphatic rings. The van der Waals surface area contributed by atoms with E-state index in [1.807, 2.05) is 6.07 Å². The van der Waals surface area contributed by atoms with E-state index in [2.05, 4.69) is 4.98 Å². The fourth-order valence-corrected chi connectivity index (χ4v) is 3.48. The molecule has 0 aliphatic heterocycles. The van der Waals surface area contributed by atoms with E-state index < -0.39 is 5.63 Å². The summed E-state index contributed by atoms with van der Waals surface area (Å²) < 4.78 is 5.43. The van der Waals surface area contributed by atoms with Gasteiger partial charge in [0.2, 0.25) is 0 Å². The molecule has 126 valence electrons. The Balaban J connectivity index is 2.30. The Labute approximate surface area is 157 Å². The average Bonchev–Trinajstić information content (AvgIpc) is 2.61. The van der Waals surface area contributed by atoms with E-state index in [1.54, 1.807) is 36.4 Å². The number of pyridine rings is 1. The van der Waals surface area contributed by atoms with Crippen LogP contribution in [0.2, 0.25) is 10.0 Å². The maximum atomic E-state index is 12.7. The minimum absolute atomic E-state index is 0.0109. The third-order valence-electron chi connectivity index (χ3n) is 4.09. The van der Waals surface area contributed by atoms with Crippen LogP contribution in [-0.4, -0.2) is 4.98 Å². The van der Waals surface area contributed by atoms with Crippen LogP contribution in [0.5, 0.6) is 0 Å². The second kappa shape index (κ2) is 6.03. The number of nitrogen functional groups attached to an aromatic ring is 1. The molecule has 0 spiro atoms. The van der Waals surface area contributed by atoms with Gasteiger partial charge in [0.25, 0.3) is 0 Å². The van der Waals surface area contributed by atoms with Gasteiger partial charge in [0.15, 0.2) is 0 Å². The summed E-state index contributed by atoms with van der Waals surface area (Å²) in [6.45, 7) is 0. The first-order valence-corrected chi connectivity index (χ1v) is 8.27. The Bertz CT molecular complexity index is 1310. The van der Waals surface area contributed by atoms with E-state index in [0.717, 1.165) is 0 Å². The van der Waals surface area contributed by atoms with Gasteiger partial charge in [-0.05, 0) is 24.3 Å². The minimum atomic E-state index is -0.622. The van der Waals surface area contributed by atoms with Crippen molar-refractivity contribution in [2.24, 2.45) is 0 Å². The molecule has 2 aromatic heterocycles. The molecule has 0 amide bonds. The maximum absolute atomic E-state index is 12.7. The number of aromatic nitrogens is 1. The molecule has 26 heavy (non-hydrogen) atoms. The highest BCUT2D eigenvalue weighted by Gasteiger charge is 2.22. The molecule has 0 atom stereocenters. The number of halogens is 2. The van der Waals surface area contributed by atoms with Gasteiger partial charge in [0.1, 0.15) is 23.0 Å². The van der Waals surface area contributed by atoms with Gasteiger partial charge in [-0.1, -0.05) is 41.4 Å². The number of anilines is 1. The molecule has 0 unspecified atom stereocenters. The average molecular weight is 382 g/mol. The quantitative estimate of drug-likeness (QED) is 0.378. The van der Waals surface area contributed by atoms with Crippen molar-refractivity contribution in [3.63, 3.8) is 0 Å². The van der Waals surface area contributed by atoms with Gasteiger partial charge < -0.3 is 10.2 Å². The molecule has 0 saturated carbocycles. The first kappa shape index (κ1) is 16.4. The number of fused-ring (bicyclic) bond motifs is 3. The first-order valence-electron chi connectivity index (χ1n) is 7.52. The van der Waals surface area contributed by atoms with Gasteiger partial charge in [-0.15, -0.1) is 0 Å². The summed E-state index contributed by atoms with van der Waals surface area (Å²) >= 11 is 12.3. The van der Waals surface area contributed by atoms with Crippen molar-refractivity contribution in [2.75, 3.05) is 5.73 Å². The molecule has 4 aromatic rings. The van der Waals surface area contributed by atoms with Crippen LogP contribution in [0.25, 0.3) is 33.0 Å². The van der Waals surface area contributed by atoms with Crippen LogP contribution in [0, 0.1) is 11.3 Å². The van der Waals surface area contributed by atoms with Crippen LogP contribution in [0.4, 0.5) is 5.82 Å². The lowest BCUT2D eigenvalue weighted by molar-refractivity contribution is 0.569. The van der Waals surface area contributed by atoms with Crippen molar-refractivity contribution in [1.82, 2.24) is 4.98 Å². The molecular weight excluding hydrogens is 373 g/mol. The summed E-state index contributed by atoms with van der Waals surface area (Å²) in [4.78, 5) is 17.0. The van der Waals surface area contributed by atoms with Crippen molar-refractivity contribution < 1.29 is 4.42 Å². The molecule has 7 heteroatoms. The molecular formula is C19H9Cl2N3O2. The lowest BCUT2D eigenvalue weighted by atomic mass is 9.96. The number of nitriles is 1. The van der Waals surface area contributed by atoms with E-state index in [4.69, 9.17) is 33.4 Å².